The van der Waals surface area contributed by atoms with Crippen LogP contribution in [0.15, 0.2) is 35.3 Å². The van der Waals surface area contributed by atoms with Gasteiger partial charge >= 0.3 is 0 Å². The van der Waals surface area contributed by atoms with Gasteiger partial charge in [-0.3, -0.25) is 9.59 Å². The zero-order chi connectivity index (χ0) is 18.0. The van der Waals surface area contributed by atoms with E-state index in [1.54, 1.807) is 12.1 Å². The van der Waals surface area contributed by atoms with Crippen LogP contribution >= 0.6 is 0 Å². The molecule has 2 aromatic rings. The summed E-state index contributed by atoms with van der Waals surface area (Å²) < 4.78 is 14.1. The number of halogens is 1. The zero-order valence-corrected chi connectivity index (χ0v) is 13.3. The predicted molar refractivity (Wildman–Crippen MR) is 87.5 cm³/mol. The SMILES string of the molecule is N#CCc1ccc([C@H]2CCCN2C(=O)c2cc[nH]c(=O)c2O)cc1F. The number of likely N-dealkylation sites (tertiary alicyclic amines) is 1. The van der Waals surface area contributed by atoms with Crippen LogP contribution in [0.1, 0.15) is 40.4 Å². The Morgan fingerprint density at radius 1 is 1.44 bits per heavy atom. The molecule has 1 atom stereocenters. The molecule has 0 saturated carbocycles. The minimum Gasteiger partial charge on any atom is -0.502 e. The van der Waals surface area contributed by atoms with Crippen LogP contribution < -0.4 is 5.56 Å². The summed E-state index contributed by atoms with van der Waals surface area (Å²) in [6, 6.07) is 7.54. The molecule has 6 nitrogen and oxygen atoms in total. The molecule has 7 heteroatoms. The number of aromatic nitrogens is 1. The molecular formula is C18H16FN3O3. The molecule has 0 spiro atoms. The summed E-state index contributed by atoms with van der Waals surface area (Å²) in [5, 5.41) is 18.5. The highest BCUT2D eigenvalue weighted by molar-refractivity contribution is 5.97. The molecule has 128 valence electrons. The second-order valence-corrected chi connectivity index (χ2v) is 5.91. The van der Waals surface area contributed by atoms with Gasteiger partial charge in [-0.25, -0.2) is 4.39 Å². The number of H-pyrrole nitrogens is 1. The minimum atomic E-state index is -0.728. The quantitative estimate of drug-likeness (QED) is 0.895. The van der Waals surface area contributed by atoms with Gasteiger partial charge in [0.05, 0.1) is 24.1 Å². The van der Waals surface area contributed by atoms with Gasteiger partial charge in [-0.2, -0.15) is 5.26 Å². The third-order valence-corrected chi connectivity index (χ3v) is 4.41. The van der Waals surface area contributed by atoms with Crippen LogP contribution in [0, 0.1) is 17.1 Å². The minimum absolute atomic E-state index is 0.0138. The van der Waals surface area contributed by atoms with Gasteiger partial charge in [0, 0.05) is 18.3 Å². The number of nitrogens with one attached hydrogen (secondary N) is 1. The lowest BCUT2D eigenvalue weighted by Crippen LogP contribution is -2.31. The van der Waals surface area contributed by atoms with Gasteiger partial charge < -0.3 is 15.0 Å². The summed E-state index contributed by atoms with van der Waals surface area (Å²) in [5.74, 6) is -1.56. The molecule has 1 aromatic carbocycles. The standard InChI is InChI=1S/C18H16FN3O3/c19-14-10-12(4-3-11(14)5-7-20)15-2-1-9-22(15)18(25)13-6-8-21-17(24)16(13)23/h3-4,6,8,10,15,23H,1-2,5,9H2,(H,21,24)/t15-/m1/s1. The van der Waals surface area contributed by atoms with E-state index in [9.17, 15) is 19.1 Å². The van der Waals surface area contributed by atoms with Crippen molar-refractivity contribution in [3.8, 4) is 11.8 Å². The van der Waals surface area contributed by atoms with Crippen molar-refractivity contribution in [1.82, 2.24) is 9.88 Å². The van der Waals surface area contributed by atoms with Crippen molar-refractivity contribution in [3.05, 3.63) is 63.3 Å². The summed E-state index contributed by atoms with van der Waals surface area (Å²) in [6.45, 7) is 0.456. The molecule has 0 bridgehead atoms. The first-order valence-corrected chi connectivity index (χ1v) is 7.90. The molecule has 2 N–H and O–H groups in total. The number of benzene rings is 1. The predicted octanol–water partition coefficient (Wildman–Crippen LogP) is 2.26. The Morgan fingerprint density at radius 3 is 2.96 bits per heavy atom. The highest BCUT2D eigenvalue weighted by Crippen LogP contribution is 2.34. The highest BCUT2D eigenvalue weighted by Gasteiger charge is 2.32. The normalized spacial score (nSPS) is 16.6. The van der Waals surface area contributed by atoms with Crippen molar-refractivity contribution < 1.29 is 14.3 Å². The van der Waals surface area contributed by atoms with Crippen molar-refractivity contribution in [2.75, 3.05) is 6.54 Å². The monoisotopic (exact) mass is 341 g/mol. The first-order chi connectivity index (χ1) is 12.0. The van der Waals surface area contributed by atoms with E-state index in [1.807, 2.05) is 6.07 Å². The van der Waals surface area contributed by atoms with Crippen LogP contribution in [0.2, 0.25) is 0 Å². The van der Waals surface area contributed by atoms with Gasteiger partial charge in [0.15, 0.2) is 5.75 Å². The van der Waals surface area contributed by atoms with Gasteiger partial charge in [-0.15, -0.1) is 0 Å². The van der Waals surface area contributed by atoms with Gasteiger partial charge in [0.1, 0.15) is 5.82 Å². The molecular weight excluding hydrogens is 325 g/mol. The van der Waals surface area contributed by atoms with Gasteiger partial charge in [0.25, 0.3) is 11.5 Å². The first kappa shape index (κ1) is 16.7. The van der Waals surface area contributed by atoms with Gasteiger partial charge in [0.2, 0.25) is 0 Å². The Morgan fingerprint density at radius 2 is 2.24 bits per heavy atom. The zero-order valence-electron chi connectivity index (χ0n) is 13.3. The smallest absolute Gasteiger partial charge is 0.290 e. The van der Waals surface area contributed by atoms with E-state index in [2.05, 4.69) is 4.98 Å². The van der Waals surface area contributed by atoms with Crippen molar-refractivity contribution in [3.63, 3.8) is 0 Å². The largest absolute Gasteiger partial charge is 0.502 e. The maximum Gasteiger partial charge on any atom is 0.290 e. The van der Waals surface area contributed by atoms with E-state index in [-0.39, 0.29) is 18.0 Å². The van der Waals surface area contributed by atoms with Crippen molar-refractivity contribution in [2.24, 2.45) is 0 Å². The van der Waals surface area contributed by atoms with Crippen LogP contribution in [0.25, 0.3) is 0 Å². The molecule has 3 rings (SSSR count). The van der Waals surface area contributed by atoms with E-state index < -0.39 is 23.0 Å². The van der Waals surface area contributed by atoms with Crippen LogP contribution in [0.3, 0.4) is 0 Å². The Kier molecular flexibility index (Phi) is 4.52. The Bertz CT molecular complexity index is 917. The average molecular weight is 341 g/mol. The van der Waals surface area contributed by atoms with E-state index in [1.165, 1.54) is 23.2 Å². The van der Waals surface area contributed by atoms with Crippen LogP contribution in [-0.2, 0) is 6.42 Å². The van der Waals surface area contributed by atoms with Crippen LogP contribution in [0.4, 0.5) is 4.39 Å². The van der Waals surface area contributed by atoms with E-state index in [0.717, 1.165) is 6.42 Å². The molecule has 0 aliphatic carbocycles. The summed E-state index contributed by atoms with van der Waals surface area (Å²) in [7, 11) is 0. The third-order valence-electron chi connectivity index (χ3n) is 4.41. The first-order valence-electron chi connectivity index (χ1n) is 7.90. The topological polar surface area (TPSA) is 97.2 Å². The second-order valence-electron chi connectivity index (χ2n) is 5.91. The van der Waals surface area contributed by atoms with Crippen molar-refractivity contribution in [1.29, 1.82) is 5.26 Å². The van der Waals surface area contributed by atoms with Crippen LogP contribution in [-0.4, -0.2) is 27.4 Å². The van der Waals surface area contributed by atoms with Crippen molar-refractivity contribution >= 4 is 5.91 Å². The number of carbonyl (C=O) groups excluding carboxylic acids is 1. The Labute approximate surface area is 143 Å². The second kappa shape index (κ2) is 6.77. The number of hydrogen-bond donors (Lipinski definition) is 2. The number of nitrogens with zero attached hydrogens (tertiary/aromatic N) is 2. The molecule has 1 saturated heterocycles. The third kappa shape index (κ3) is 3.11. The lowest BCUT2D eigenvalue weighted by atomic mass is 10.0. The summed E-state index contributed by atoms with van der Waals surface area (Å²) in [4.78, 5) is 28.1. The number of rotatable bonds is 3. The summed E-state index contributed by atoms with van der Waals surface area (Å²) in [6.07, 6.45) is 2.69. The number of nitriles is 1. The summed E-state index contributed by atoms with van der Waals surface area (Å²) in [5.41, 5.74) is 0.148. The molecule has 1 aromatic heterocycles. The Hall–Kier alpha value is -3.14. The molecule has 1 amide bonds. The number of aromatic hydroxyl groups is 1. The molecule has 2 heterocycles. The lowest BCUT2D eigenvalue weighted by Gasteiger charge is -2.25. The molecule has 1 aliphatic heterocycles. The van der Waals surface area contributed by atoms with E-state index in [0.29, 0.717) is 24.1 Å². The molecule has 0 unspecified atom stereocenters. The van der Waals surface area contributed by atoms with Gasteiger partial charge in [-0.05, 0) is 30.5 Å². The maximum atomic E-state index is 14.1. The van der Waals surface area contributed by atoms with Gasteiger partial charge in [-0.1, -0.05) is 12.1 Å². The number of aromatic amines is 1. The van der Waals surface area contributed by atoms with Crippen LogP contribution in [0.5, 0.6) is 5.75 Å². The van der Waals surface area contributed by atoms with Crippen molar-refractivity contribution in [2.45, 2.75) is 25.3 Å². The fourth-order valence-electron chi connectivity index (χ4n) is 3.15. The molecule has 25 heavy (non-hydrogen) atoms. The average Bonchev–Trinajstić information content (AvgIpc) is 3.08. The molecule has 0 radical (unpaired) electrons. The Balaban J connectivity index is 1.92. The number of carbonyl (C=O) groups is 1. The van der Waals surface area contributed by atoms with E-state index >= 15 is 0 Å². The maximum absolute atomic E-state index is 14.1. The number of pyridine rings is 1. The fraction of sp³-hybridized carbons (Fsp3) is 0.278. The number of hydrogen-bond acceptors (Lipinski definition) is 4. The molecule has 1 fully saturated rings. The fourth-order valence-corrected chi connectivity index (χ4v) is 3.15. The number of amides is 1. The molecule has 1 aliphatic rings. The highest BCUT2D eigenvalue weighted by atomic mass is 19.1. The van der Waals surface area contributed by atoms with E-state index in [4.69, 9.17) is 5.26 Å². The summed E-state index contributed by atoms with van der Waals surface area (Å²) >= 11 is 0. The lowest BCUT2D eigenvalue weighted by molar-refractivity contribution is 0.0732.